The molecule has 4 aliphatic rings. The van der Waals surface area contributed by atoms with E-state index in [0.717, 1.165) is 51.5 Å². The van der Waals surface area contributed by atoms with Gasteiger partial charge in [-0.1, -0.05) is 78.1 Å². The van der Waals surface area contributed by atoms with E-state index in [1.165, 1.54) is 69.1 Å². The van der Waals surface area contributed by atoms with Crippen molar-refractivity contribution in [3.05, 3.63) is 0 Å². The van der Waals surface area contributed by atoms with Crippen molar-refractivity contribution in [2.75, 3.05) is 25.9 Å². The van der Waals surface area contributed by atoms with Crippen LogP contribution in [0.1, 0.15) is 149 Å². The second-order valence-corrected chi connectivity index (χ2v) is 20.6. The number of amidine groups is 1. The van der Waals surface area contributed by atoms with Crippen LogP contribution in [0.25, 0.3) is 0 Å². The zero-order valence-electron chi connectivity index (χ0n) is 34.0. The van der Waals surface area contributed by atoms with Crippen LogP contribution in [-0.2, 0) is 19.6 Å². The zero-order valence-corrected chi connectivity index (χ0v) is 37.8. The molecule has 0 spiro atoms. The number of rotatable bonds is 22. The van der Waals surface area contributed by atoms with Gasteiger partial charge >= 0.3 is 0 Å². The number of halogens is 4. The molecule has 0 aromatic heterocycles. The van der Waals surface area contributed by atoms with E-state index in [9.17, 15) is 13.2 Å². The number of hydrogen-bond acceptors (Lipinski definition) is 8. The van der Waals surface area contributed by atoms with Gasteiger partial charge in [0.25, 0.3) is 5.91 Å². The maximum Gasteiger partial charge on any atom is 0.294 e. The Labute approximate surface area is 357 Å². The largest absolute Gasteiger partial charge is 0.478 e. The van der Waals surface area contributed by atoms with Crippen LogP contribution in [0.3, 0.4) is 0 Å². The maximum absolute atomic E-state index is 14.2. The fourth-order valence-electron chi connectivity index (χ4n) is 8.66. The highest BCUT2D eigenvalue weighted by Crippen LogP contribution is 2.35. The molecule has 5 unspecified atom stereocenters. The first kappa shape index (κ1) is 47.8. The van der Waals surface area contributed by atoms with Crippen molar-refractivity contribution in [1.82, 2.24) is 20.1 Å². The summed E-state index contributed by atoms with van der Waals surface area (Å²) < 4.78 is 31.9. The number of unbranched alkanes of at least 4 members (excludes halogenated alkanes) is 10. The van der Waals surface area contributed by atoms with E-state index in [-0.39, 0.29) is 40.6 Å². The van der Waals surface area contributed by atoms with Gasteiger partial charge < -0.3 is 4.74 Å². The monoisotopic (exact) mass is 883 g/mol. The predicted molar refractivity (Wildman–Crippen MR) is 234 cm³/mol. The van der Waals surface area contributed by atoms with Gasteiger partial charge in [-0.3, -0.25) is 30.5 Å². The van der Waals surface area contributed by atoms with Crippen LogP contribution >= 0.6 is 46.4 Å². The molecule has 0 radical (unpaired) electrons. The van der Waals surface area contributed by atoms with Gasteiger partial charge in [0.15, 0.2) is 17.4 Å². The lowest BCUT2D eigenvalue weighted by Crippen LogP contribution is -2.56. The number of hydrogen-bond donors (Lipinski definition) is 3. The number of sulfonamides is 1. The molecule has 1 saturated heterocycles. The molecule has 4 fully saturated rings. The lowest BCUT2D eigenvalue weighted by molar-refractivity contribution is -0.127. The third kappa shape index (κ3) is 15.6. The summed E-state index contributed by atoms with van der Waals surface area (Å²) in [5, 5.41) is 8.76. The first-order valence-corrected chi connectivity index (χ1v) is 25.2. The molecule has 3 N–H and O–H groups in total. The van der Waals surface area contributed by atoms with E-state index >= 15 is 0 Å². The molecular weight excluding hydrogens is 816 g/mol. The molecule has 0 aromatic rings. The molecule has 1 amide bonds. The first-order valence-electron chi connectivity index (χ1n) is 21.5. The summed E-state index contributed by atoms with van der Waals surface area (Å²) in [6.45, 7) is 6.17. The Morgan fingerprint density at radius 1 is 0.857 bits per heavy atom. The Morgan fingerprint density at radius 3 is 2.05 bits per heavy atom. The minimum atomic E-state index is -3.24. The fraction of sp³-hybridized carbons (Fsp3) is 0.900. The Balaban J connectivity index is 1.37. The first-order chi connectivity index (χ1) is 26.8. The highest BCUT2D eigenvalue weighted by Gasteiger charge is 2.47. The number of likely N-dealkylation sites (N-methyl/N-ethyl adjacent to an activating group) is 1. The lowest BCUT2D eigenvalue weighted by Gasteiger charge is -2.39. The van der Waals surface area contributed by atoms with Crippen molar-refractivity contribution in [3.63, 3.8) is 0 Å². The van der Waals surface area contributed by atoms with Crippen molar-refractivity contribution < 1.29 is 17.9 Å². The van der Waals surface area contributed by atoms with Crippen molar-refractivity contribution >= 4 is 79.8 Å². The number of aliphatic imine (C=N–C) groups is 2. The molecule has 3 saturated carbocycles. The fourth-order valence-corrected chi connectivity index (χ4v) is 11.1. The Hall–Kier alpha value is -0.890. The van der Waals surface area contributed by atoms with Crippen molar-refractivity contribution in [2.45, 2.75) is 200 Å². The Morgan fingerprint density at radius 2 is 1.46 bits per heavy atom. The number of nitrogens with one attached hydrogen (secondary N) is 3. The van der Waals surface area contributed by atoms with Crippen LogP contribution in [0.5, 0.6) is 0 Å². The van der Waals surface area contributed by atoms with Gasteiger partial charge in [0.2, 0.25) is 10.0 Å². The van der Waals surface area contributed by atoms with Gasteiger partial charge in [0, 0.05) is 37.4 Å². The minimum absolute atomic E-state index is 0.0764. The van der Waals surface area contributed by atoms with Crippen LogP contribution in [0.2, 0.25) is 0 Å². The molecule has 322 valence electrons. The van der Waals surface area contributed by atoms with E-state index in [1.54, 1.807) is 0 Å². The summed E-state index contributed by atoms with van der Waals surface area (Å²) in [5.74, 6) is 0.408. The number of ether oxygens (including phenoxy) is 1. The number of hydrazine groups is 1. The minimum Gasteiger partial charge on any atom is -0.478 e. The van der Waals surface area contributed by atoms with Crippen molar-refractivity contribution in [3.8, 4) is 0 Å². The van der Waals surface area contributed by atoms with Crippen LogP contribution < -0.4 is 10.1 Å². The highest BCUT2D eigenvalue weighted by atomic mass is 35.5. The van der Waals surface area contributed by atoms with E-state index in [2.05, 4.69) is 28.9 Å². The smallest absolute Gasteiger partial charge is 0.294 e. The average Bonchev–Trinajstić information content (AvgIpc) is 3.43. The molecular formula is C40H69Cl4N7O4S. The molecule has 0 aromatic carbocycles. The van der Waals surface area contributed by atoms with Gasteiger partial charge in [0.05, 0.1) is 40.5 Å². The third-order valence-electron chi connectivity index (χ3n) is 11.8. The number of carbonyl (C=O) groups is 1. The standard InChI is InChI=1S/C40H69Cl4N7O4S/c1-4-6-7-8-9-10-11-12-13-14-15-16-36(45)55-31-21-22-32(42)35(27-31)48-39-37(40(52)51(49-39)38-33(43)25-28(41)26-34(38)44)47-29-17-19-30(20-18-29)50(5-2)24-23-46-56(3,53)54/h28-35,38,45-46H,4-27H2,1-3H3,(H,48,49). The van der Waals surface area contributed by atoms with Gasteiger partial charge in [-0.25, -0.2) is 18.1 Å². The molecule has 0 bridgehead atoms. The van der Waals surface area contributed by atoms with Crippen molar-refractivity contribution in [2.24, 2.45) is 9.98 Å². The molecule has 11 nitrogen and oxygen atoms in total. The summed E-state index contributed by atoms with van der Waals surface area (Å²) >= 11 is 27.0. The third-order valence-corrected chi connectivity index (χ3v) is 14.3. The van der Waals surface area contributed by atoms with E-state index in [0.29, 0.717) is 63.0 Å². The average molecular weight is 886 g/mol. The second kappa shape index (κ2) is 24.4. The number of nitrogens with zero attached hydrogens (tertiary/aromatic N) is 4. The molecule has 1 aliphatic heterocycles. The molecule has 3 aliphatic carbocycles. The van der Waals surface area contributed by atoms with Crippen LogP contribution in [0.15, 0.2) is 9.98 Å². The summed E-state index contributed by atoms with van der Waals surface area (Å²) in [4.78, 5) is 26.7. The predicted octanol–water partition coefficient (Wildman–Crippen LogP) is 8.56. The zero-order chi connectivity index (χ0) is 40.7. The van der Waals surface area contributed by atoms with Crippen molar-refractivity contribution in [1.29, 1.82) is 5.41 Å². The van der Waals surface area contributed by atoms with Gasteiger partial charge in [-0.15, -0.1) is 46.4 Å². The highest BCUT2D eigenvalue weighted by molar-refractivity contribution is 7.88. The molecule has 1 heterocycles. The Bertz CT molecular complexity index is 1390. The van der Waals surface area contributed by atoms with Crippen LogP contribution in [0.4, 0.5) is 0 Å². The maximum atomic E-state index is 14.2. The quantitative estimate of drug-likeness (QED) is 0.0431. The Kier molecular flexibility index (Phi) is 20.8. The summed E-state index contributed by atoms with van der Waals surface area (Å²) in [7, 11) is -3.24. The number of amides is 1. The van der Waals surface area contributed by atoms with Crippen LogP contribution in [-0.4, -0.2) is 119 Å². The normalized spacial score (nSPS) is 31.7. The second-order valence-electron chi connectivity index (χ2n) is 16.4. The topological polar surface area (TPSA) is 140 Å². The molecule has 5 atom stereocenters. The lowest BCUT2D eigenvalue weighted by atomic mass is 9.90. The van der Waals surface area contributed by atoms with E-state index in [1.807, 2.05) is 0 Å². The van der Waals surface area contributed by atoms with Gasteiger partial charge in [0.1, 0.15) is 6.10 Å². The molecule has 56 heavy (non-hydrogen) atoms. The number of alkyl halides is 4. The van der Waals surface area contributed by atoms with E-state index in [4.69, 9.17) is 66.5 Å². The van der Waals surface area contributed by atoms with Gasteiger partial charge in [-0.2, -0.15) is 0 Å². The summed E-state index contributed by atoms with van der Waals surface area (Å²) in [5.41, 5.74) is 3.54. The SMILES string of the molecule is CCCCCCCCCCCCCC(=N)OC1CCC(Cl)C(N=C2NN(C3C(Cl)CC(Cl)CC3Cl)C(=O)C2=NC2CCC(N(CC)CCNS(C)(=O)=O)CC2)C1. The summed E-state index contributed by atoms with van der Waals surface area (Å²) in [6.07, 6.45) is 21.9. The van der Waals surface area contributed by atoms with Crippen LogP contribution in [0, 0.1) is 5.41 Å². The number of carbonyl (C=O) groups excluding carboxylic acids is 1. The van der Waals surface area contributed by atoms with Gasteiger partial charge in [-0.05, 0) is 64.3 Å². The summed E-state index contributed by atoms with van der Waals surface area (Å²) in [6, 6.07) is -0.604. The molecule has 16 heteroatoms. The molecule has 4 rings (SSSR count). The van der Waals surface area contributed by atoms with E-state index < -0.39 is 26.8 Å².